The molecule has 2 heterocycles. The Morgan fingerprint density at radius 2 is 2.29 bits per heavy atom. The molecule has 0 fully saturated rings. The van der Waals surface area contributed by atoms with Crippen LogP contribution in [0.25, 0.3) is 0 Å². The van der Waals surface area contributed by atoms with E-state index in [4.69, 9.17) is 5.73 Å². The molecule has 1 atom stereocenters. The molecule has 0 saturated heterocycles. The third-order valence-corrected chi connectivity index (χ3v) is 3.90. The van der Waals surface area contributed by atoms with Crippen LogP contribution in [-0.2, 0) is 13.6 Å². The Bertz CT molecular complexity index is 488. The first-order valence-electron chi connectivity index (χ1n) is 5.46. The third-order valence-electron chi connectivity index (χ3n) is 2.59. The molecule has 2 aromatic heterocycles. The van der Waals surface area contributed by atoms with Gasteiger partial charge in [0.15, 0.2) is 5.13 Å². The summed E-state index contributed by atoms with van der Waals surface area (Å²) in [6.45, 7) is 2.71. The molecule has 0 saturated carbocycles. The van der Waals surface area contributed by atoms with Crippen LogP contribution in [0.1, 0.15) is 23.7 Å². The lowest BCUT2D eigenvalue weighted by Gasteiger charge is -2.15. The van der Waals surface area contributed by atoms with Gasteiger partial charge in [-0.2, -0.15) is 0 Å². The summed E-state index contributed by atoms with van der Waals surface area (Å²) in [7, 11) is 4.00. The summed E-state index contributed by atoms with van der Waals surface area (Å²) in [6.07, 6.45) is 5.59. The molecular formula is C11H17N5S. The minimum atomic E-state index is 0.0443. The van der Waals surface area contributed by atoms with Crippen LogP contribution in [0.2, 0.25) is 0 Å². The zero-order valence-electron chi connectivity index (χ0n) is 10.3. The van der Waals surface area contributed by atoms with Crippen molar-refractivity contribution in [2.75, 3.05) is 11.9 Å². The van der Waals surface area contributed by atoms with Gasteiger partial charge >= 0.3 is 0 Å². The van der Waals surface area contributed by atoms with Gasteiger partial charge in [-0.1, -0.05) is 0 Å². The third kappa shape index (κ3) is 2.65. The molecule has 2 N–H and O–H groups in total. The molecule has 1 unspecified atom stereocenters. The molecular weight excluding hydrogens is 234 g/mol. The molecule has 0 aliphatic rings. The summed E-state index contributed by atoms with van der Waals surface area (Å²) in [5, 5.41) is 0.973. The van der Waals surface area contributed by atoms with Crippen molar-refractivity contribution in [3.05, 3.63) is 29.3 Å². The SMILES string of the molecule is CC(N)c1cnc(N(C)Cc2nccn2C)s1. The number of aromatic nitrogens is 3. The normalized spacial score (nSPS) is 12.7. The van der Waals surface area contributed by atoms with E-state index >= 15 is 0 Å². The molecule has 0 spiro atoms. The smallest absolute Gasteiger partial charge is 0.185 e. The first kappa shape index (κ1) is 12.1. The van der Waals surface area contributed by atoms with E-state index in [0.29, 0.717) is 0 Å². The van der Waals surface area contributed by atoms with Crippen LogP contribution in [-0.4, -0.2) is 21.6 Å². The number of imidazole rings is 1. The molecule has 0 amide bonds. The molecule has 2 aromatic rings. The Labute approximate surface area is 105 Å². The zero-order valence-corrected chi connectivity index (χ0v) is 11.1. The fourth-order valence-electron chi connectivity index (χ4n) is 1.49. The van der Waals surface area contributed by atoms with Gasteiger partial charge in [0, 0.05) is 43.6 Å². The highest BCUT2D eigenvalue weighted by Crippen LogP contribution is 2.25. The van der Waals surface area contributed by atoms with Gasteiger partial charge in [-0.15, -0.1) is 11.3 Å². The maximum Gasteiger partial charge on any atom is 0.185 e. The van der Waals surface area contributed by atoms with Crippen molar-refractivity contribution in [3.63, 3.8) is 0 Å². The van der Waals surface area contributed by atoms with Crippen molar-refractivity contribution in [2.45, 2.75) is 19.5 Å². The lowest BCUT2D eigenvalue weighted by Crippen LogP contribution is -2.18. The van der Waals surface area contributed by atoms with Gasteiger partial charge in [-0.05, 0) is 6.92 Å². The monoisotopic (exact) mass is 251 g/mol. The second-order valence-electron chi connectivity index (χ2n) is 4.14. The maximum atomic E-state index is 5.82. The Morgan fingerprint density at radius 3 is 2.82 bits per heavy atom. The molecule has 92 valence electrons. The average molecular weight is 251 g/mol. The first-order chi connectivity index (χ1) is 8.08. The number of aryl methyl sites for hydroxylation is 1. The summed E-state index contributed by atoms with van der Waals surface area (Å²) in [4.78, 5) is 11.9. The quantitative estimate of drug-likeness (QED) is 0.895. The van der Waals surface area contributed by atoms with E-state index in [1.807, 2.05) is 38.0 Å². The molecule has 0 aliphatic carbocycles. The van der Waals surface area contributed by atoms with E-state index in [0.717, 1.165) is 22.4 Å². The van der Waals surface area contributed by atoms with Crippen molar-refractivity contribution >= 4 is 16.5 Å². The van der Waals surface area contributed by atoms with Gasteiger partial charge in [0.2, 0.25) is 0 Å². The van der Waals surface area contributed by atoms with Crippen molar-refractivity contribution in [2.24, 2.45) is 12.8 Å². The topological polar surface area (TPSA) is 60.0 Å². The highest BCUT2D eigenvalue weighted by molar-refractivity contribution is 7.15. The van der Waals surface area contributed by atoms with Crippen LogP contribution in [0, 0.1) is 0 Å². The standard InChI is InChI=1S/C11H17N5S/c1-8(12)9-6-14-11(17-9)16(3)7-10-13-4-5-15(10)2/h4-6,8H,7,12H2,1-3H3. The van der Waals surface area contributed by atoms with Crippen molar-refractivity contribution < 1.29 is 0 Å². The Kier molecular flexibility index (Phi) is 3.44. The minimum absolute atomic E-state index is 0.0443. The molecule has 6 heteroatoms. The largest absolute Gasteiger partial charge is 0.344 e. The molecule has 0 aliphatic heterocycles. The summed E-state index contributed by atoms with van der Waals surface area (Å²) < 4.78 is 2.01. The second-order valence-corrected chi connectivity index (χ2v) is 5.18. The maximum absolute atomic E-state index is 5.82. The van der Waals surface area contributed by atoms with E-state index in [1.165, 1.54) is 0 Å². The first-order valence-corrected chi connectivity index (χ1v) is 6.28. The summed E-state index contributed by atoms with van der Waals surface area (Å²) >= 11 is 1.63. The van der Waals surface area contributed by atoms with Crippen LogP contribution >= 0.6 is 11.3 Å². The van der Waals surface area contributed by atoms with E-state index in [-0.39, 0.29) is 6.04 Å². The van der Waals surface area contributed by atoms with E-state index < -0.39 is 0 Å². The summed E-state index contributed by atoms with van der Waals surface area (Å²) in [5.41, 5.74) is 5.82. The van der Waals surface area contributed by atoms with Crippen LogP contribution < -0.4 is 10.6 Å². The van der Waals surface area contributed by atoms with Gasteiger partial charge in [0.1, 0.15) is 5.82 Å². The number of hydrogen-bond donors (Lipinski definition) is 1. The number of rotatable bonds is 4. The highest BCUT2D eigenvalue weighted by atomic mass is 32.1. The zero-order chi connectivity index (χ0) is 12.4. The molecule has 2 rings (SSSR count). The fraction of sp³-hybridized carbons (Fsp3) is 0.455. The molecule has 5 nitrogen and oxygen atoms in total. The number of hydrogen-bond acceptors (Lipinski definition) is 5. The van der Waals surface area contributed by atoms with E-state index in [9.17, 15) is 0 Å². The Hall–Kier alpha value is -1.40. The average Bonchev–Trinajstić information content (AvgIpc) is 2.88. The van der Waals surface area contributed by atoms with Gasteiger partial charge in [-0.25, -0.2) is 9.97 Å². The van der Waals surface area contributed by atoms with Crippen LogP contribution in [0.15, 0.2) is 18.6 Å². The van der Waals surface area contributed by atoms with Crippen molar-refractivity contribution in [1.29, 1.82) is 0 Å². The van der Waals surface area contributed by atoms with Crippen LogP contribution in [0.3, 0.4) is 0 Å². The number of nitrogens with zero attached hydrogens (tertiary/aromatic N) is 4. The van der Waals surface area contributed by atoms with Crippen LogP contribution in [0.4, 0.5) is 5.13 Å². The van der Waals surface area contributed by atoms with Gasteiger partial charge in [0.25, 0.3) is 0 Å². The lowest BCUT2D eigenvalue weighted by atomic mass is 10.3. The molecule has 0 bridgehead atoms. The van der Waals surface area contributed by atoms with E-state index in [1.54, 1.807) is 17.5 Å². The summed E-state index contributed by atoms with van der Waals surface area (Å²) in [5.74, 6) is 1.02. The molecule has 0 radical (unpaired) electrons. The van der Waals surface area contributed by atoms with Gasteiger partial charge in [0.05, 0.1) is 6.54 Å². The number of anilines is 1. The lowest BCUT2D eigenvalue weighted by molar-refractivity contribution is 0.760. The van der Waals surface area contributed by atoms with Gasteiger partial charge in [-0.3, -0.25) is 0 Å². The van der Waals surface area contributed by atoms with Gasteiger partial charge < -0.3 is 15.2 Å². The van der Waals surface area contributed by atoms with E-state index in [2.05, 4.69) is 14.9 Å². The predicted octanol–water partition coefficient (Wildman–Crippen LogP) is 1.53. The Morgan fingerprint density at radius 1 is 1.53 bits per heavy atom. The minimum Gasteiger partial charge on any atom is -0.344 e. The van der Waals surface area contributed by atoms with Crippen molar-refractivity contribution in [1.82, 2.24) is 14.5 Å². The van der Waals surface area contributed by atoms with Crippen molar-refractivity contribution in [3.8, 4) is 0 Å². The second kappa shape index (κ2) is 4.85. The predicted molar refractivity (Wildman–Crippen MR) is 70.0 cm³/mol. The highest BCUT2D eigenvalue weighted by Gasteiger charge is 2.11. The summed E-state index contributed by atoms with van der Waals surface area (Å²) in [6, 6.07) is 0.0443. The Balaban J connectivity index is 2.09. The van der Waals surface area contributed by atoms with Crippen LogP contribution in [0.5, 0.6) is 0 Å². The number of nitrogens with two attached hydrogens (primary N) is 1. The number of thiazole rings is 1. The molecule has 17 heavy (non-hydrogen) atoms. The molecule has 0 aromatic carbocycles. The fourth-order valence-corrected chi connectivity index (χ4v) is 2.32.